The van der Waals surface area contributed by atoms with Crippen LogP contribution in [0.2, 0.25) is 0 Å². The van der Waals surface area contributed by atoms with Gasteiger partial charge in [-0.15, -0.1) is 0 Å². The van der Waals surface area contributed by atoms with Crippen LogP contribution in [0, 0.1) is 5.82 Å². The van der Waals surface area contributed by atoms with E-state index in [0.717, 1.165) is 6.07 Å². The topological polar surface area (TPSA) is 35.2 Å². The van der Waals surface area contributed by atoms with Crippen molar-refractivity contribution in [3.63, 3.8) is 0 Å². The van der Waals surface area contributed by atoms with Gasteiger partial charge in [0.05, 0.1) is 13.0 Å². The molecule has 0 aliphatic carbocycles. The first kappa shape index (κ1) is 11.8. The molecule has 1 unspecified atom stereocenters. The number of rotatable bonds is 4. The van der Waals surface area contributed by atoms with Crippen LogP contribution in [0.5, 0.6) is 5.75 Å². The second kappa shape index (κ2) is 5.02. The predicted octanol–water partition coefficient (Wildman–Crippen LogP) is 2.14. The summed E-state index contributed by atoms with van der Waals surface area (Å²) in [6.45, 7) is -0.324. The van der Waals surface area contributed by atoms with Gasteiger partial charge in [0, 0.05) is 12.1 Å². The fourth-order valence-electron chi connectivity index (χ4n) is 1.40. The lowest BCUT2D eigenvalue weighted by atomic mass is 9.98. The Balaban J connectivity index is 3.20. The van der Waals surface area contributed by atoms with Gasteiger partial charge in [-0.25, -0.2) is 13.2 Å². The molecule has 0 heterocycles. The molecule has 0 spiro atoms. The highest BCUT2D eigenvalue weighted by atomic mass is 19.3. The molecule has 2 nitrogen and oxygen atoms in total. The lowest BCUT2D eigenvalue weighted by Crippen LogP contribution is -2.21. The van der Waals surface area contributed by atoms with Crippen molar-refractivity contribution in [2.45, 2.75) is 12.3 Å². The molecule has 0 saturated carbocycles. The molecule has 1 atom stereocenters. The van der Waals surface area contributed by atoms with Crippen LogP contribution in [-0.4, -0.2) is 20.1 Å². The number of hydrogen-bond donors (Lipinski definition) is 1. The first-order chi connectivity index (χ1) is 7.11. The van der Waals surface area contributed by atoms with Crippen LogP contribution >= 0.6 is 0 Å². The molecular weight excluding hydrogens is 207 g/mol. The highest BCUT2D eigenvalue weighted by Crippen LogP contribution is 2.32. The van der Waals surface area contributed by atoms with Gasteiger partial charge in [-0.05, 0) is 12.1 Å². The maximum absolute atomic E-state index is 13.4. The van der Waals surface area contributed by atoms with E-state index in [1.807, 2.05) is 0 Å². The Morgan fingerprint density at radius 3 is 2.53 bits per heavy atom. The van der Waals surface area contributed by atoms with Gasteiger partial charge in [-0.3, -0.25) is 0 Å². The van der Waals surface area contributed by atoms with Gasteiger partial charge >= 0.3 is 0 Å². The van der Waals surface area contributed by atoms with Crippen molar-refractivity contribution < 1.29 is 17.9 Å². The van der Waals surface area contributed by atoms with Gasteiger partial charge in [0.15, 0.2) is 0 Å². The molecule has 0 amide bonds. The zero-order chi connectivity index (χ0) is 11.4. The fraction of sp³-hybridized carbons (Fsp3) is 0.400. The molecule has 2 N–H and O–H groups in total. The Hall–Kier alpha value is -1.23. The van der Waals surface area contributed by atoms with Crippen LogP contribution in [0.3, 0.4) is 0 Å². The van der Waals surface area contributed by atoms with Gasteiger partial charge < -0.3 is 10.5 Å². The molecule has 1 aromatic carbocycles. The Bertz CT molecular complexity index is 330. The van der Waals surface area contributed by atoms with Crippen molar-refractivity contribution >= 4 is 0 Å². The molecule has 0 aliphatic rings. The number of nitrogens with two attached hydrogens (primary N) is 1. The summed E-state index contributed by atoms with van der Waals surface area (Å²) in [5, 5.41) is 0. The van der Waals surface area contributed by atoms with Crippen molar-refractivity contribution in [2.75, 3.05) is 13.7 Å². The van der Waals surface area contributed by atoms with Gasteiger partial charge in [-0.2, -0.15) is 0 Å². The van der Waals surface area contributed by atoms with E-state index in [1.165, 1.54) is 19.2 Å². The first-order valence-electron chi connectivity index (χ1n) is 4.42. The van der Waals surface area contributed by atoms with Crippen LogP contribution in [0.25, 0.3) is 0 Å². The molecule has 0 aliphatic heterocycles. The highest BCUT2D eigenvalue weighted by Gasteiger charge is 2.27. The van der Waals surface area contributed by atoms with E-state index >= 15 is 0 Å². The summed E-state index contributed by atoms with van der Waals surface area (Å²) < 4.78 is 43.4. The summed E-state index contributed by atoms with van der Waals surface area (Å²) >= 11 is 0. The van der Waals surface area contributed by atoms with Gasteiger partial charge in [0.25, 0.3) is 0 Å². The SMILES string of the molecule is COc1cccc(F)c1C(CN)C(F)F. The number of hydrogen-bond acceptors (Lipinski definition) is 2. The summed E-state index contributed by atoms with van der Waals surface area (Å²) in [5.74, 6) is -1.95. The highest BCUT2D eigenvalue weighted by molar-refractivity contribution is 5.38. The third kappa shape index (κ3) is 2.41. The monoisotopic (exact) mass is 219 g/mol. The van der Waals surface area contributed by atoms with E-state index in [-0.39, 0.29) is 17.9 Å². The van der Waals surface area contributed by atoms with E-state index in [2.05, 4.69) is 0 Å². The van der Waals surface area contributed by atoms with E-state index in [0.29, 0.717) is 0 Å². The van der Waals surface area contributed by atoms with Crippen molar-refractivity contribution in [3.05, 3.63) is 29.6 Å². The molecular formula is C10H12F3NO. The summed E-state index contributed by atoms with van der Waals surface area (Å²) in [6, 6.07) is 3.95. The molecule has 0 bridgehead atoms. The van der Waals surface area contributed by atoms with E-state index in [4.69, 9.17) is 10.5 Å². The number of alkyl halides is 2. The molecule has 1 rings (SSSR count). The second-order valence-corrected chi connectivity index (χ2v) is 3.03. The largest absolute Gasteiger partial charge is 0.496 e. The normalized spacial score (nSPS) is 12.9. The minimum absolute atomic E-state index is 0.103. The van der Waals surface area contributed by atoms with Crippen LogP contribution in [0.15, 0.2) is 18.2 Å². The quantitative estimate of drug-likeness (QED) is 0.842. The minimum Gasteiger partial charge on any atom is -0.496 e. The van der Waals surface area contributed by atoms with E-state index < -0.39 is 18.2 Å². The Kier molecular flexibility index (Phi) is 3.96. The third-order valence-corrected chi connectivity index (χ3v) is 2.16. The van der Waals surface area contributed by atoms with Crippen LogP contribution in [-0.2, 0) is 0 Å². The van der Waals surface area contributed by atoms with Crippen LogP contribution in [0.4, 0.5) is 13.2 Å². The van der Waals surface area contributed by atoms with Gasteiger partial charge in [0.1, 0.15) is 11.6 Å². The summed E-state index contributed by atoms with van der Waals surface area (Å²) in [7, 11) is 1.30. The van der Waals surface area contributed by atoms with Crippen molar-refractivity contribution in [3.8, 4) is 5.75 Å². The molecule has 15 heavy (non-hydrogen) atoms. The zero-order valence-electron chi connectivity index (χ0n) is 8.21. The average molecular weight is 219 g/mol. The Morgan fingerprint density at radius 1 is 1.40 bits per heavy atom. The number of halogens is 3. The summed E-state index contributed by atoms with van der Waals surface area (Å²) in [4.78, 5) is 0. The third-order valence-electron chi connectivity index (χ3n) is 2.16. The van der Waals surface area contributed by atoms with Gasteiger partial charge in [-0.1, -0.05) is 6.07 Å². The van der Waals surface area contributed by atoms with Crippen LogP contribution < -0.4 is 10.5 Å². The number of ether oxygens (including phenoxy) is 1. The first-order valence-corrected chi connectivity index (χ1v) is 4.42. The second-order valence-electron chi connectivity index (χ2n) is 3.03. The average Bonchev–Trinajstić information content (AvgIpc) is 2.21. The summed E-state index contributed by atoms with van der Waals surface area (Å²) in [6.07, 6.45) is -2.71. The lowest BCUT2D eigenvalue weighted by molar-refractivity contribution is 0.114. The van der Waals surface area contributed by atoms with Crippen molar-refractivity contribution in [2.24, 2.45) is 5.73 Å². The fourth-order valence-corrected chi connectivity index (χ4v) is 1.40. The minimum atomic E-state index is -2.71. The maximum atomic E-state index is 13.4. The maximum Gasteiger partial charge on any atom is 0.246 e. The summed E-state index contributed by atoms with van der Waals surface area (Å²) in [5.41, 5.74) is 5.04. The van der Waals surface area contributed by atoms with Crippen molar-refractivity contribution in [1.82, 2.24) is 0 Å². The zero-order valence-corrected chi connectivity index (χ0v) is 8.21. The smallest absolute Gasteiger partial charge is 0.246 e. The molecule has 0 radical (unpaired) electrons. The van der Waals surface area contributed by atoms with Crippen LogP contribution in [0.1, 0.15) is 11.5 Å². The molecule has 1 aromatic rings. The standard InChI is InChI=1S/C10H12F3NO/c1-15-8-4-2-3-7(11)9(8)6(5-14)10(12)13/h2-4,6,10H,5,14H2,1H3. The van der Waals surface area contributed by atoms with Crippen molar-refractivity contribution in [1.29, 1.82) is 0 Å². The molecule has 5 heteroatoms. The van der Waals surface area contributed by atoms with E-state index in [1.54, 1.807) is 0 Å². The number of benzene rings is 1. The predicted molar refractivity (Wildman–Crippen MR) is 50.8 cm³/mol. The molecule has 0 saturated heterocycles. The molecule has 0 aromatic heterocycles. The molecule has 84 valence electrons. The Morgan fingerprint density at radius 2 is 2.07 bits per heavy atom. The molecule has 0 fully saturated rings. The Labute approximate surface area is 85.8 Å². The lowest BCUT2D eigenvalue weighted by Gasteiger charge is -2.17. The number of methoxy groups -OCH3 is 1. The van der Waals surface area contributed by atoms with E-state index in [9.17, 15) is 13.2 Å². The van der Waals surface area contributed by atoms with Gasteiger partial charge in [0.2, 0.25) is 6.43 Å².